The quantitative estimate of drug-likeness (QED) is 0.253. The maximum Gasteiger partial charge on any atom is 0.316 e. The largest absolute Gasteiger partial charge is 0.394 e. The van der Waals surface area contributed by atoms with Gasteiger partial charge in [0.25, 0.3) is 0 Å². The average molecular weight is 222 g/mol. The molecule has 0 amide bonds. The second kappa shape index (κ2) is 8.80. The Bertz CT molecular complexity index is 139. The van der Waals surface area contributed by atoms with Crippen LogP contribution in [-0.2, 0) is 0 Å². The van der Waals surface area contributed by atoms with Crippen molar-refractivity contribution in [3.63, 3.8) is 0 Å². The number of rotatable bonds is 6. The van der Waals surface area contributed by atoms with E-state index in [-0.39, 0.29) is 29.6 Å². The predicted octanol–water partition coefficient (Wildman–Crippen LogP) is -4.27. The van der Waals surface area contributed by atoms with Crippen LogP contribution >= 0.6 is 0 Å². The van der Waals surface area contributed by atoms with E-state index in [1.807, 2.05) is 0 Å². The number of aliphatic hydroxyl groups excluding tert-OH is 5. The van der Waals surface area contributed by atoms with E-state index in [2.05, 4.69) is 5.32 Å². The normalized spacial score (nSPS) is 19.3. The van der Waals surface area contributed by atoms with E-state index in [4.69, 9.17) is 20.4 Å². The Morgan fingerprint density at radius 3 is 1.79 bits per heavy atom. The molecule has 6 nitrogen and oxygen atoms in total. The second-order valence-electron chi connectivity index (χ2n) is 2.86. The highest BCUT2D eigenvalue weighted by atomic mass is 24.3. The summed E-state index contributed by atoms with van der Waals surface area (Å²) in [6, 6.07) is 0. The van der Waals surface area contributed by atoms with Crippen LogP contribution in [0.2, 0.25) is 0 Å². The molecule has 0 unspecified atom stereocenters. The minimum atomic E-state index is -1.55. The van der Waals surface area contributed by atoms with Crippen LogP contribution < -0.4 is 5.32 Å². The molecule has 84 valence electrons. The third kappa shape index (κ3) is 5.42. The van der Waals surface area contributed by atoms with E-state index < -0.39 is 31.0 Å². The molecule has 0 aliphatic carbocycles. The Labute approximate surface area is 98.7 Å². The van der Waals surface area contributed by atoms with E-state index in [0.717, 1.165) is 0 Å². The highest BCUT2D eigenvalue weighted by Crippen LogP contribution is 2.04. The Morgan fingerprint density at radius 1 is 1.00 bits per heavy atom. The summed E-state index contributed by atoms with van der Waals surface area (Å²) in [6.07, 6.45) is -5.65. The van der Waals surface area contributed by atoms with Gasteiger partial charge in [-0.3, -0.25) is 0 Å². The average Bonchev–Trinajstić information content (AvgIpc) is 2.14. The molecule has 7 heteroatoms. The van der Waals surface area contributed by atoms with E-state index in [0.29, 0.717) is 0 Å². The van der Waals surface area contributed by atoms with Crippen LogP contribution in [0.4, 0.5) is 0 Å². The molecule has 6 N–H and O–H groups in total. The lowest BCUT2D eigenvalue weighted by Crippen LogP contribution is -2.48. The van der Waals surface area contributed by atoms with Crippen molar-refractivity contribution < 1.29 is 25.5 Å². The molecule has 0 bridgehead atoms. The molecule has 0 fully saturated rings. The number of hydrogen-bond acceptors (Lipinski definition) is 6. The number of nitrogens with one attached hydrogen (secondary N) is 1. The predicted molar refractivity (Wildman–Crippen MR) is 53.6 cm³/mol. The molecule has 0 saturated heterocycles. The molecule has 0 aromatic heterocycles. The molecule has 0 aliphatic rings. The second-order valence-corrected chi connectivity index (χ2v) is 2.86. The fourth-order valence-electron chi connectivity index (χ4n) is 0.893. The van der Waals surface area contributed by atoms with Crippen LogP contribution in [-0.4, -0.2) is 93.2 Å². The van der Waals surface area contributed by atoms with Gasteiger partial charge in [0.05, 0.1) is 12.7 Å². The fourth-order valence-corrected chi connectivity index (χ4v) is 0.893. The van der Waals surface area contributed by atoms with Crippen molar-refractivity contribution in [2.75, 3.05) is 20.2 Å². The highest BCUT2D eigenvalue weighted by Gasteiger charge is 2.29. The van der Waals surface area contributed by atoms with E-state index >= 15 is 0 Å². The highest BCUT2D eigenvalue weighted by molar-refractivity contribution is 5.75. The van der Waals surface area contributed by atoms with Crippen molar-refractivity contribution in [2.24, 2.45) is 0 Å². The molecule has 4 atom stereocenters. The lowest BCUT2D eigenvalue weighted by Gasteiger charge is -2.25. The van der Waals surface area contributed by atoms with E-state index in [1.54, 1.807) is 7.05 Å². The minimum Gasteiger partial charge on any atom is -0.394 e. The number of aliphatic hydroxyl groups is 5. The lowest BCUT2D eigenvalue weighted by molar-refractivity contribution is -0.113. The first-order chi connectivity index (χ1) is 6.04. The zero-order valence-corrected chi connectivity index (χ0v) is 7.46. The van der Waals surface area contributed by atoms with Gasteiger partial charge in [0, 0.05) is 6.54 Å². The zero-order chi connectivity index (χ0) is 10.4. The van der Waals surface area contributed by atoms with Gasteiger partial charge in [-0.25, -0.2) is 0 Å². The maximum absolute atomic E-state index is 9.21. The molecule has 14 heavy (non-hydrogen) atoms. The third-order valence-corrected chi connectivity index (χ3v) is 1.74. The number of likely N-dealkylation sites (N-methyl/N-ethyl adjacent to an activating group) is 1. The molecule has 0 saturated carbocycles. The summed E-state index contributed by atoms with van der Waals surface area (Å²) >= 11 is 0. The molecule has 0 spiro atoms. The van der Waals surface area contributed by atoms with Crippen LogP contribution in [0, 0.1) is 0 Å². The summed E-state index contributed by atoms with van der Waals surface area (Å²) in [5, 5.41) is 47.5. The Hall–Kier alpha value is 0.526. The van der Waals surface area contributed by atoms with Gasteiger partial charge >= 0.3 is 23.1 Å². The first-order valence-electron chi connectivity index (χ1n) is 4.02. The Kier molecular flexibility index (Phi) is 10.7. The van der Waals surface area contributed by atoms with Gasteiger partial charge in [-0.2, -0.15) is 0 Å². The van der Waals surface area contributed by atoms with Gasteiger partial charge < -0.3 is 30.8 Å². The van der Waals surface area contributed by atoms with Crippen molar-refractivity contribution in [2.45, 2.75) is 24.4 Å². The molecule has 0 aromatic carbocycles. The summed E-state index contributed by atoms with van der Waals surface area (Å²) in [4.78, 5) is 0. The zero-order valence-electron chi connectivity index (χ0n) is 7.46. The third-order valence-electron chi connectivity index (χ3n) is 1.74. The Morgan fingerprint density at radius 2 is 1.43 bits per heavy atom. The first-order valence-corrected chi connectivity index (χ1v) is 4.02. The standard InChI is InChI=1S/C7H17NO5.Mg.2H/c1-8-2-4(10)6(12)7(13)5(11)3-9;;;/h4-13H,2-3H2,1H3;;;/t4-,5+,6+,7+;;;/m0.../s1. The van der Waals surface area contributed by atoms with Gasteiger partial charge in [0.2, 0.25) is 0 Å². The molecule has 0 radical (unpaired) electrons. The first kappa shape index (κ1) is 16.9. The number of hydrogen-bond donors (Lipinski definition) is 6. The monoisotopic (exact) mass is 221 g/mol. The van der Waals surface area contributed by atoms with E-state index in [1.165, 1.54) is 0 Å². The van der Waals surface area contributed by atoms with Crippen LogP contribution in [0.1, 0.15) is 0 Å². The molecule has 0 aliphatic heterocycles. The summed E-state index contributed by atoms with van der Waals surface area (Å²) < 4.78 is 0. The molecule has 0 heterocycles. The molecule has 0 rings (SSSR count). The summed E-state index contributed by atoms with van der Waals surface area (Å²) in [6.45, 7) is -0.569. The van der Waals surface area contributed by atoms with Crippen molar-refractivity contribution >= 4 is 23.1 Å². The Balaban J connectivity index is 0. The maximum atomic E-state index is 9.21. The van der Waals surface area contributed by atoms with Gasteiger partial charge in [-0.1, -0.05) is 0 Å². The minimum absolute atomic E-state index is 0. The van der Waals surface area contributed by atoms with Crippen molar-refractivity contribution in [1.82, 2.24) is 5.32 Å². The van der Waals surface area contributed by atoms with Crippen molar-refractivity contribution in [3.8, 4) is 0 Å². The van der Waals surface area contributed by atoms with Crippen LogP contribution in [0.25, 0.3) is 0 Å². The molecule has 0 aromatic rings. The van der Waals surface area contributed by atoms with Crippen molar-refractivity contribution in [1.29, 1.82) is 0 Å². The molecular weight excluding hydrogens is 202 g/mol. The van der Waals surface area contributed by atoms with E-state index in [9.17, 15) is 5.11 Å². The summed E-state index contributed by atoms with van der Waals surface area (Å²) in [7, 11) is 1.57. The lowest BCUT2D eigenvalue weighted by atomic mass is 10.0. The van der Waals surface area contributed by atoms with Crippen LogP contribution in [0.15, 0.2) is 0 Å². The van der Waals surface area contributed by atoms with Gasteiger partial charge in [0.1, 0.15) is 18.3 Å². The van der Waals surface area contributed by atoms with Gasteiger partial charge in [-0.15, -0.1) is 0 Å². The topological polar surface area (TPSA) is 113 Å². The van der Waals surface area contributed by atoms with Gasteiger partial charge in [0.15, 0.2) is 0 Å². The summed E-state index contributed by atoms with van der Waals surface area (Å²) in [5.74, 6) is 0. The smallest absolute Gasteiger partial charge is 0.316 e. The van der Waals surface area contributed by atoms with Gasteiger partial charge in [-0.05, 0) is 7.05 Å². The summed E-state index contributed by atoms with van der Waals surface area (Å²) in [5.41, 5.74) is 0. The fraction of sp³-hybridized carbons (Fsp3) is 1.00. The molecular formula is C7H19MgNO5. The van der Waals surface area contributed by atoms with Crippen molar-refractivity contribution in [3.05, 3.63) is 0 Å². The SMILES string of the molecule is CNC[C@H](O)[C@@H](O)[C@H](O)[C@H](O)CO.[MgH2]. The van der Waals surface area contributed by atoms with Crippen LogP contribution in [0.3, 0.4) is 0 Å². The van der Waals surface area contributed by atoms with Crippen LogP contribution in [0.5, 0.6) is 0 Å².